The van der Waals surface area contributed by atoms with Crippen LogP contribution in [-0.4, -0.2) is 14.7 Å². The predicted octanol–water partition coefficient (Wildman–Crippen LogP) is 6.33. The van der Waals surface area contributed by atoms with Crippen molar-refractivity contribution in [1.82, 2.24) is 14.9 Å². The highest BCUT2D eigenvalue weighted by molar-refractivity contribution is 9.10. The molecule has 0 radical (unpaired) electrons. The zero-order chi connectivity index (χ0) is 21.6. The lowest BCUT2D eigenvalue weighted by Gasteiger charge is -2.29. The third kappa shape index (κ3) is 3.56. The molecule has 1 aromatic carbocycles. The Hall–Kier alpha value is -2.18. The number of aryl methyl sites for hydroxylation is 2. The van der Waals surface area contributed by atoms with Crippen LogP contribution in [0.1, 0.15) is 60.2 Å². The standard InChI is InChI=1S/C24H27BrN4S/c1-14(2)28-16(4)13-19(17(28)5)23-22(21-8-6-7-11-26-21)27-24(30)29(23)18-9-10-20(25)15(3)12-18/h6-14,22-23H,1-5H3,(H,27,30)/t22-,23+/m1/s1. The summed E-state index contributed by atoms with van der Waals surface area (Å²) in [5, 5.41) is 4.29. The van der Waals surface area contributed by atoms with Gasteiger partial charge >= 0.3 is 0 Å². The molecule has 4 rings (SSSR count). The molecule has 1 N–H and O–H groups in total. The third-order valence-corrected chi connectivity index (χ3v) is 7.08. The van der Waals surface area contributed by atoms with E-state index in [1.54, 1.807) is 0 Å². The smallest absolute Gasteiger partial charge is 0.174 e. The van der Waals surface area contributed by atoms with Gasteiger partial charge in [-0.15, -0.1) is 0 Å². The van der Waals surface area contributed by atoms with E-state index < -0.39 is 0 Å². The number of nitrogens with zero attached hydrogens (tertiary/aromatic N) is 3. The molecule has 3 heterocycles. The van der Waals surface area contributed by atoms with E-state index in [0.29, 0.717) is 6.04 Å². The van der Waals surface area contributed by atoms with Crippen LogP contribution in [0.4, 0.5) is 5.69 Å². The van der Waals surface area contributed by atoms with Crippen LogP contribution in [0, 0.1) is 20.8 Å². The van der Waals surface area contributed by atoms with Crippen molar-refractivity contribution in [3.05, 3.63) is 81.3 Å². The van der Waals surface area contributed by atoms with Crippen molar-refractivity contribution >= 4 is 38.9 Å². The number of hydrogen-bond donors (Lipinski definition) is 1. The van der Waals surface area contributed by atoms with Gasteiger partial charge in [-0.05, 0) is 94.4 Å². The van der Waals surface area contributed by atoms with E-state index in [0.717, 1.165) is 21.0 Å². The molecule has 1 aliphatic rings. The molecule has 2 aromatic heterocycles. The Balaban J connectivity index is 1.90. The lowest BCUT2D eigenvalue weighted by Crippen LogP contribution is -2.29. The highest BCUT2D eigenvalue weighted by Crippen LogP contribution is 2.44. The summed E-state index contributed by atoms with van der Waals surface area (Å²) in [6.45, 7) is 11.0. The average Bonchev–Trinajstić information content (AvgIpc) is 3.20. The molecule has 0 amide bonds. The third-order valence-electron chi connectivity index (χ3n) is 5.88. The van der Waals surface area contributed by atoms with Gasteiger partial charge in [-0.1, -0.05) is 22.0 Å². The lowest BCUT2D eigenvalue weighted by molar-refractivity contribution is 0.547. The SMILES string of the molecule is Cc1cc(N2C(=S)N[C@H](c3ccccn3)[C@@H]2c2cc(C)n(C(C)C)c2C)ccc1Br. The first-order chi connectivity index (χ1) is 14.3. The minimum atomic E-state index is -0.0243. The minimum Gasteiger partial charge on any atom is -0.351 e. The van der Waals surface area contributed by atoms with Gasteiger partial charge in [0.05, 0.1) is 17.8 Å². The Morgan fingerprint density at radius 3 is 2.47 bits per heavy atom. The van der Waals surface area contributed by atoms with Crippen LogP contribution >= 0.6 is 28.1 Å². The lowest BCUT2D eigenvalue weighted by atomic mass is 9.96. The fraction of sp³-hybridized carbons (Fsp3) is 0.333. The Kier molecular flexibility index (Phi) is 5.73. The van der Waals surface area contributed by atoms with Crippen molar-refractivity contribution in [2.75, 3.05) is 4.90 Å². The molecule has 1 aliphatic heterocycles. The number of halogens is 1. The number of pyridine rings is 1. The second kappa shape index (κ2) is 8.16. The van der Waals surface area contributed by atoms with E-state index in [1.807, 2.05) is 18.3 Å². The minimum absolute atomic E-state index is 0.0201. The molecule has 0 saturated carbocycles. The number of rotatable bonds is 4. The Bertz CT molecular complexity index is 1090. The fourth-order valence-electron chi connectivity index (χ4n) is 4.62. The monoisotopic (exact) mass is 482 g/mol. The van der Waals surface area contributed by atoms with E-state index in [1.165, 1.54) is 22.5 Å². The van der Waals surface area contributed by atoms with Crippen molar-refractivity contribution < 1.29 is 0 Å². The highest BCUT2D eigenvalue weighted by Gasteiger charge is 2.42. The van der Waals surface area contributed by atoms with Gasteiger partial charge in [0, 0.05) is 33.8 Å². The Labute approximate surface area is 192 Å². The number of benzene rings is 1. The van der Waals surface area contributed by atoms with E-state index in [-0.39, 0.29) is 12.1 Å². The number of nitrogens with one attached hydrogen (secondary N) is 1. The fourth-order valence-corrected chi connectivity index (χ4v) is 5.22. The quantitative estimate of drug-likeness (QED) is 0.440. The normalized spacial score (nSPS) is 18.9. The number of thiocarbonyl (C=S) groups is 1. The van der Waals surface area contributed by atoms with Crippen LogP contribution in [0.3, 0.4) is 0 Å². The van der Waals surface area contributed by atoms with Gasteiger partial charge < -0.3 is 14.8 Å². The van der Waals surface area contributed by atoms with Gasteiger partial charge in [-0.25, -0.2) is 0 Å². The molecule has 156 valence electrons. The maximum absolute atomic E-state index is 5.86. The molecule has 4 nitrogen and oxygen atoms in total. The van der Waals surface area contributed by atoms with Crippen LogP contribution in [0.2, 0.25) is 0 Å². The van der Waals surface area contributed by atoms with Gasteiger partial charge in [0.15, 0.2) is 5.11 Å². The molecule has 30 heavy (non-hydrogen) atoms. The molecular weight excluding hydrogens is 456 g/mol. The summed E-state index contributed by atoms with van der Waals surface area (Å²) in [7, 11) is 0. The first kappa shape index (κ1) is 21.1. The predicted molar refractivity (Wildman–Crippen MR) is 131 cm³/mol. The first-order valence-corrected chi connectivity index (χ1v) is 11.4. The molecule has 0 bridgehead atoms. The number of aromatic nitrogens is 2. The molecule has 2 atom stereocenters. The summed E-state index contributed by atoms with van der Waals surface area (Å²) >= 11 is 9.48. The van der Waals surface area contributed by atoms with Gasteiger partial charge in [0.25, 0.3) is 0 Å². The Morgan fingerprint density at radius 2 is 1.87 bits per heavy atom. The molecule has 6 heteroatoms. The maximum atomic E-state index is 5.86. The van der Waals surface area contributed by atoms with Crippen LogP contribution in [-0.2, 0) is 0 Å². The highest BCUT2D eigenvalue weighted by atomic mass is 79.9. The van der Waals surface area contributed by atoms with Crippen molar-refractivity contribution in [2.45, 2.75) is 52.7 Å². The van der Waals surface area contributed by atoms with Crippen LogP contribution in [0.15, 0.2) is 53.1 Å². The molecule has 3 aromatic rings. The largest absolute Gasteiger partial charge is 0.351 e. The molecule has 1 saturated heterocycles. The summed E-state index contributed by atoms with van der Waals surface area (Å²) < 4.78 is 3.50. The summed E-state index contributed by atoms with van der Waals surface area (Å²) in [6, 6.07) is 15.2. The van der Waals surface area contributed by atoms with Crippen molar-refractivity contribution in [1.29, 1.82) is 0 Å². The molecule has 0 aliphatic carbocycles. The first-order valence-electron chi connectivity index (χ1n) is 10.2. The zero-order valence-electron chi connectivity index (χ0n) is 18.0. The van der Waals surface area contributed by atoms with Gasteiger partial charge in [0.1, 0.15) is 0 Å². The van der Waals surface area contributed by atoms with Crippen molar-refractivity contribution in [3.63, 3.8) is 0 Å². The summed E-state index contributed by atoms with van der Waals surface area (Å²) in [5.41, 5.74) is 7.09. The molecule has 0 spiro atoms. The topological polar surface area (TPSA) is 33.1 Å². The molecular formula is C24H27BrN4S. The van der Waals surface area contributed by atoms with E-state index >= 15 is 0 Å². The number of anilines is 1. The van der Waals surface area contributed by atoms with Crippen molar-refractivity contribution in [2.24, 2.45) is 0 Å². The second-order valence-corrected chi connectivity index (χ2v) is 9.46. The van der Waals surface area contributed by atoms with E-state index in [4.69, 9.17) is 12.2 Å². The zero-order valence-corrected chi connectivity index (χ0v) is 20.4. The molecule has 0 unspecified atom stereocenters. The van der Waals surface area contributed by atoms with Crippen LogP contribution in [0.25, 0.3) is 0 Å². The van der Waals surface area contributed by atoms with Crippen molar-refractivity contribution in [3.8, 4) is 0 Å². The van der Waals surface area contributed by atoms with Gasteiger partial charge in [-0.2, -0.15) is 0 Å². The van der Waals surface area contributed by atoms with Crippen LogP contribution < -0.4 is 10.2 Å². The van der Waals surface area contributed by atoms with Crippen LogP contribution in [0.5, 0.6) is 0 Å². The molecule has 1 fully saturated rings. The maximum Gasteiger partial charge on any atom is 0.174 e. The summed E-state index contributed by atoms with van der Waals surface area (Å²) in [5.74, 6) is 0. The Morgan fingerprint density at radius 1 is 1.10 bits per heavy atom. The second-order valence-electron chi connectivity index (χ2n) is 8.22. The van der Waals surface area contributed by atoms with Gasteiger partial charge in [-0.3, -0.25) is 4.98 Å². The number of hydrogen-bond acceptors (Lipinski definition) is 2. The van der Waals surface area contributed by atoms with E-state index in [2.05, 4.69) is 101 Å². The van der Waals surface area contributed by atoms with Gasteiger partial charge in [0.2, 0.25) is 0 Å². The summed E-state index contributed by atoms with van der Waals surface area (Å²) in [6.07, 6.45) is 1.85. The van der Waals surface area contributed by atoms with E-state index in [9.17, 15) is 0 Å². The average molecular weight is 483 g/mol. The summed E-state index contributed by atoms with van der Waals surface area (Å²) in [4.78, 5) is 6.91.